The van der Waals surface area contributed by atoms with Crippen molar-refractivity contribution >= 4 is 21.7 Å². The lowest BCUT2D eigenvalue weighted by Gasteiger charge is -2.34. The van der Waals surface area contributed by atoms with Crippen LogP contribution in [-0.2, 0) is 22.9 Å². The topological polar surface area (TPSA) is 69.7 Å². The number of hydrogen-bond donors (Lipinski definition) is 1. The highest BCUT2D eigenvalue weighted by molar-refractivity contribution is 7.89. The molecule has 0 atom stereocenters. The fourth-order valence-corrected chi connectivity index (χ4v) is 5.38. The Kier molecular flexibility index (Phi) is 5.56. The summed E-state index contributed by atoms with van der Waals surface area (Å²) < 4.78 is 41.2. The molecule has 2 amide bonds. The number of amides is 2. The molecule has 0 spiro atoms. The first-order valence-electron chi connectivity index (χ1n) is 9.87. The molecule has 0 radical (unpaired) electrons. The SMILES string of the molecule is O=C(Nc1ccccc1F)N1CCN(S(=O)(=O)c2ccc3c(c2)CCCC3)CC1. The minimum Gasteiger partial charge on any atom is -0.322 e. The normalized spacial score (nSPS) is 17.6. The number of nitrogens with zero attached hydrogens (tertiary/aromatic N) is 2. The van der Waals surface area contributed by atoms with E-state index in [1.807, 2.05) is 6.07 Å². The van der Waals surface area contributed by atoms with Crippen LogP contribution in [0.2, 0.25) is 0 Å². The number of carbonyl (C=O) groups excluding carboxylic acids is 1. The van der Waals surface area contributed by atoms with Crippen LogP contribution in [0, 0.1) is 5.82 Å². The molecule has 4 rings (SSSR count). The minimum atomic E-state index is -3.60. The Morgan fingerprint density at radius 2 is 1.62 bits per heavy atom. The summed E-state index contributed by atoms with van der Waals surface area (Å²) in [6, 6.07) is 11.0. The highest BCUT2D eigenvalue weighted by atomic mass is 32.2. The molecule has 2 aromatic carbocycles. The number of benzene rings is 2. The second-order valence-corrected chi connectivity index (χ2v) is 9.38. The lowest BCUT2D eigenvalue weighted by molar-refractivity contribution is 0.184. The van der Waals surface area contributed by atoms with Crippen LogP contribution in [0.25, 0.3) is 0 Å². The van der Waals surface area contributed by atoms with Gasteiger partial charge in [0.05, 0.1) is 10.6 Å². The standard InChI is InChI=1S/C21H24FN3O3S/c22-19-7-3-4-8-20(19)23-21(26)24-11-13-25(14-12-24)29(27,28)18-10-9-16-5-1-2-6-17(16)15-18/h3-4,7-10,15H,1-2,5-6,11-14H2,(H,23,26). The Hall–Kier alpha value is -2.45. The van der Waals surface area contributed by atoms with Gasteiger partial charge in [-0.15, -0.1) is 0 Å². The third-order valence-electron chi connectivity index (χ3n) is 5.60. The quantitative estimate of drug-likeness (QED) is 0.834. The van der Waals surface area contributed by atoms with Crippen molar-refractivity contribution in [3.05, 3.63) is 59.4 Å². The van der Waals surface area contributed by atoms with Crippen molar-refractivity contribution < 1.29 is 17.6 Å². The molecule has 1 N–H and O–H groups in total. The molecule has 0 aromatic heterocycles. The molecule has 0 unspecified atom stereocenters. The van der Waals surface area contributed by atoms with E-state index in [0.29, 0.717) is 4.90 Å². The third kappa shape index (κ3) is 4.13. The smallest absolute Gasteiger partial charge is 0.322 e. The molecule has 2 aromatic rings. The predicted octanol–water partition coefficient (Wildman–Crippen LogP) is 3.24. The van der Waals surface area contributed by atoms with Gasteiger partial charge in [-0.1, -0.05) is 18.2 Å². The Bertz CT molecular complexity index is 1020. The first-order valence-corrected chi connectivity index (χ1v) is 11.3. The maximum absolute atomic E-state index is 13.7. The van der Waals surface area contributed by atoms with Gasteiger partial charge in [0.1, 0.15) is 5.82 Å². The van der Waals surface area contributed by atoms with Gasteiger partial charge < -0.3 is 10.2 Å². The number of piperazine rings is 1. The van der Waals surface area contributed by atoms with Crippen molar-refractivity contribution in [3.63, 3.8) is 0 Å². The zero-order chi connectivity index (χ0) is 20.4. The second-order valence-electron chi connectivity index (χ2n) is 7.44. The molecule has 1 aliphatic carbocycles. The summed E-state index contributed by atoms with van der Waals surface area (Å²) in [5.74, 6) is -0.505. The molecular weight excluding hydrogens is 393 g/mol. The molecule has 0 bridgehead atoms. The van der Waals surface area contributed by atoms with Gasteiger partial charge in [-0.25, -0.2) is 17.6 Å². The maximum Gasteiger partial charge on any atom is 0.322 e. The minimum absolute atomic E-state index is 0.113. The number of nitrogens with one attached hydrogen (secondary N) is 1. The maximum atomic E-state index is 13.7. The first-order chi connectivity index (χ1) is 13.9. The van der Waals surface area contributed by atoms with Crippen molar-refractivity contribution in [2.75, 3.05) is 31.5 Å². The van der Waals surface area contributed by atoms with E-state index < -0.39 is 21.9 Å². The van der Waals surface area contributed by atoms with E-state index in [1.54, 1.807) is 24.3 Å². The van der Waals surface area contributed by atoms with Crippen molar-refractivity contribution in [1.82, 2.24) is 9.21 Å². The summed E-state index contributed by atoms with van der Waals surface area (Å²) >= 11 is 0. The molecule has 1 heterocycles. The van der Waals surface area contributed by atoms with E-state index >= 15 is 0 Å². The summed E-state index contributed by atoms with van der Waals surface area (Å²) in [7, 11) is -3.60. The monoisotopic (exact) mass is 417 g/mol. The highest BCUT2D eigenvalue weighted by Gasteiger charge is 2.31. The van der Waals surface area contributed by atoms with Gasteiger partial charge in [0.15, 0.2) is 0 Å². The van der Waals surface area contributed by atoms with Crippen molar-refractivity contribution in [2.24, 2.45) is 0 Å². The number of carbonyl (C=O) groups is 1. The average molecular weight is 418 g/mol. The van der Waals surface area contributed by atoms with Gasteiger partial charge in [-0.05, 0) is 61.1 Å². The number of fused-ring (bicyclic) bond motifs is 1. The van der Waals surface area contributed by atoms with Crippen LogP contribution in [-0.4, -0.2) is 49.8 Å². The van der Waals surface area contributed by atoms with Gasteiger partial charge in [0.25, 0.3) is 0 Å². The Labute approximate surface area is 170 Å². The van der Waals surface area contributed by atoms with Crippen LogP contribution in [0.5, 0.6) is 0 Å². The molecule has 2 aliphatic rings. The number of sulfonamides is 1. The van der Waals surface area contributed by atoms with Crippen LogP contribution in [0.3, 0.4) is 0 Å². The van der Waals surface area contributed by atoms with Gasteiger partial charge in [0, 0.05) is 26.2 Å². The highest BCUT2D eigenvalue weighted by Crippen LogP contribution is 2.26. The van der Waals surface area contributed by atoms with E-state index in [4.69, 9.17) is 0 Å². The van der Waals surface area contributed by atoms with Crippen molar-refractivity contribution in [3.8, 4) is 0 Å². The summed E-state index contributed by atoms with van der Waals surface area (Å²) in [6.07, 6.45) is 4.16. The van der Waals surface area contributed by atoms with E-state index in [9.17, 15) is 17.6 Å². The fraction of sp³-hybridized carbons (Fsp3) is 0.381. The predicted molar refractivity (Wildman–Crippen MR) is 109 cm³/mol. The Morgan fingerprint density at radius 1 is 0.931 bits per heavy atom. The largest absolute Gasteiger partial charge is 0.322 e. The zero-order valence-electron chi connectivity index (χ0n) is 16.1. The average Bonchev–Trinajstić information content (AvgIpc) is 2.75. The van der Waals surface area contributed by atoms with E-state index in [-0.39, 0.29) is 31.9 Å². The van der Waals surface area contributed by atoms with Crippen LogP contribution in [0.4, 0.5) is 14.9 Å². The van der Waals surface area contributed by atoms with Gasteiger partial charge in [0.2, 0.25) is 10.0 Å². The van der Waals surface area contributed by atoms with Crippen molar-refractivity contribution in [1.29, 1.82) is 0 Å². The van der Waals surface area contributed by atoms with E-state index in [1.165, 1.54) is 26.9 Å². The zero-order valence-corrected chi connectivity index (χ0v) is 16.9. The van der Waals surface area contributed by atoms with Gasteiger partial charge in [-0.3, -0.25) is 0 Å². The van der Waals surface area contributed by atoms with E-state index in [0.717, 1.165) is 31.2 Å². The fourth-order valence-electron chi connectivity index (χ4n) is 3.91. The summed E-state index contributed by atoms with van der Waals surface area (Å²) in [5.41, 5.74) is 2.48. The molecular formula is C21H24FN3O3S. The van der Waals surface area contributed by atoms with E-state index in [2.05, 4.69) is 5.32 Å². The molecule has 8 heteroatoms. The van der Waals surface area contributed by atoms with Crippen LogP contribution in [0.1, 0.15) is 24.0 Å². The lowest BCUT2D eigenvalue weighted by atomic mass is 9.92. The molecule has 1 fully saturated rings. The molecule has 0 saturated carbocycles. The molecule has 29 heavy (non-hydrogen) atoms. The Balaban J connectivity index is 1.41. The number of urea groups is 1. The van der Waals surface area contributed by atoms with Gasteiger partial charge >= 0.3 is 6.03 Å². The third-order valence-corrected chi connectivity index (χ3v) is 7.49. The molecule has 6 nitrogen and oxygen atoms in total. The summed E-state index contributed by atoms with van der Waals surface area (Å²) in [6.45, 7) is 0.934. The van der Waals surface area contributed by atoms with Crippen LogP contribution < -0.4 is 5.32 Å². The number of rotatable bonds is 3. The number of para-hydroxylation sites is 1. The molecule has 154 valence electrons. The number of aryl methyl sites for hydroxylation is 2. The number of anilines is 1. The van der Waals surface area contributed by atoms with Gasteiger partial charge in [-0.2, -0.15) is 4.31 Å². The summed E-state index contributed by atoms with van der Waals surface area (Å²) in [4.78, 5) is 14.2. The number of hydrogen-bond acceptors (Lipinski definition) is 3. The Morgan fingerprint density at radius 3 is 2.34 bits per heavy atom. The molecule has 1 aliphatic heterocycles. The summed E-state index contributed by atoms with van der Waals surface area (Å²) in [5, 5.41) is 2.54. The first kappa shape index (κ1) is 19.8. The van der Waals surface area contributed by atoms with Crippen LogP contribution in [0.15, 0.2) is 47.4 Å². The van der Waals surface area contributed by atoms with Crippen molar-refractivity contribution in [2.45, 2.75) is 30.6 Å². The second kappa shape index (κ2) is 8.12. The van der Waals surface area contributed by atoms with Crippen LogP contribution >= 0.6 is 0 Å². The lowest BCUT2D eigenvalue weighted by Crippen LogP contribution is -2.51. The molecule has 1 saturated heterocycles. The number of halogens is 1.